The maximum atomic E-state index is 10.5. The molecule has 0 aromatic carbocycles. The first kappa shape index (κ1) is 10.7. The zero-order valence-corrected chi connectivity index (χ0v) is 7.63. The van der Waals surface area contributed by atoms with E-state index >= 15 is 0 Å². The molecule has 0 unspecified atom stereocenters. The van der Waals surface area contributed by atoms with Crippen LogP contribution in [0.25, 0.3) is 0 Å². The van der Waals surface area contributed by atoms with Crippen LogP contribution in [0.2, 0.25) is 0 Å². The van der Waals surface area contributed by atoms with Crippen molar-refractivity contribution in [1.82, 2.24) is 4.90 Å². The second-order valence-corrected chi connectivity index (χ2v) is 2.79. The van der Waals surface area contributed by atoms with Crippen LogP contribution < -0.4 is 0 Å². The van der Waals surface area contributed by atoms with Crippen LogP contribution >= 0.6 is 12.4 Å². The summed E-state index contributed by atoms with van der Waals surface area (Å²) in [5, 5.41) is 0. The maximum absolute atomic E-state index is 10.5. The quantitative estimate of drug-likeness (QED) is 0.554. The Bertz CT molecular complexity index is 122. The topological polar surface area (TPSA) is 29.5 Å². The normalized spacial score (nSPS) is 30.9. The van der Waals surface area contributed by atoms with E-state index in [0.29, 0.717) is 13.2 Å². The molecule has 0 N–H and O–H groups in total. The van der Waals surface area contributed by atoms with Gasteiger partial charge < -0.3 is 9.64 Å². The Morgan fingerprint density at radius 1 is 1.36 bits per heavy atom. The van der Waals surface area contributed by atoms with Gasteiger partial charge in [-0.3, -0.25) is 4.79 Å². The number of hydrogen-bond acceptors (Lipinski definition) is 2. The van der Waals surface area contributed by atoms with E-state index in [4.69, 9.17) is 4.74 Å². The Morgan fingerprint density at radius 2 is 1.82 bits per heavy atom. The molecule has 3 nitrogen and oxygen atoms in total. The molecule has 1 rings (SSSR count). The summed E-state index contributed by atoms with van der Waals surface area (Å²) in [6, 6.07) is 0.475. The lowest BCUT2D eigenvalue weighted by molar-refractivity contribution is -0.130. The minimum atomic E-state index is 0. The molecule has 1 fully saturated rings. The van der Waals surface area contributed by atoms with E-state index < -0.39 is 0 Å². The van der Waals surface area contributed by atoms with Gasteiger partial charge in [-0.25, -0.2) is 0 Å². The van der Waals surface area contributed by atoms with Crippen molar-refractivity contribution in [3.8, 4) is 0 Å². The summed E-state index contributed by atoms with van der Waals surface area (Å²) in [5.74, 6) is 0. The second-order valence-electron chi connectivity index (χ2n) is 2.79. The third-order valence-electron chi connectivity index (χ3n) is 1.86. The number of morpholine rings is 1. The number of ether oxygens (including phenoxy) is 1. The number of rotatable bonds is 1. The van der Waals surface area contributed by atoms with Gasteiger partial charge in [0.05, 0.1) is 25.3 Å². The summed E-state index contributed by atoms with van der Waals surface area (Å²) in [5.41, 5.74) is 0. The second kappa shape index (κ2) is 4.57. The van der Waals surface area contributed by atoms with Gasteiger partial charge in [-0.2, -0.15) is 0 Å². The van der Waals surface area contributed by atoms with Crippen molar-refractivity contribution in [3.05, 3.63) is 0 Å². The third-order valence-corrected chi connectivity index (χ3v) is 1.86. The van der Waals surface area contributed by atoms with Gasteiger partial charge in [0.2, 0.25) is 6.41 Å². The molecule has 1 heterocycles. The highest BCUT2D eigenvalue weighted by molar-refractivity contribution is 5.85. The molecule has 1 amide bonds. The van der Waals surface area contributed by atoms with E-state index in [-0.39, 0.29) is 24.5 Å². The summed E-state index contributed by atoms with van der Waals surface area (Å²) in [6.07, 6.45) is 0.901. The Morgan fingerprint density at radius 3 is 2.09 bits per heavy atom. The summed E-state index contributed by atoms with van der Waals surface area (Å²) in [6.45, 7) is 5.32. The fourth-order valence-electron chi connectivity index (χ4n) is 1.22. The minimum Gasteiger partial charge on any atom is -0.377 e. The van der Waals surface area contributed by atoms with E-state index in [1.54, 1.807) is 4.90 Å². The lowest BCUT2D eigenvalue weighted by Gasteiger charge is -2.35. The molecular formula is C7H14ClNO2. The highest BCUT2D eigenvalue weighted by Crippen LogP contribution is 2.09. The van der Waals surface area contributed by atoms with Crippen molar-refractivity contribution in [2.75, 3.05) is 13.2 Å². The van der Waals surface area contributed by atoms with Crippen LogP contribution in [0.1, 0.15) is 13.8 Å². The predicted octanol–water partition coefficient (Wildman–Crippen LogP) is 0.674. The van der Waals surface area contributed by atoms with E-state index in [0.717, 1.165) is 6.41 Å². The molecule has 0 aliphatic carbocycles. The monoisotopic (exact) mass is 179 g/mol. The van der Waals surface area contributed by atoms with Crippen molar-refractivity contribution < 1.29 is 9.53 Å². The molecule has 1 aliphatic heterocycles. The zero-order valence-electron chi connectivity index (χ0n) is 6.82. The van der Waals surface area contributed by atoms with Crippen molar-refractivity contribution >= 4 is 18.8 Å². The molecule has 66 valence electrons. The highest BCUT2D eigenvalue weighted by atomic mass is 35.5. The zero-order chi connectivity index (χ0) is 7.56. The Hall–Kier alpha value is -0.280. The molecule has 1 aliphatic rings. The molecule has 1 saturated heterocycles. The standard InChI is InChI=1S/C7H13NO2.ClH/c1-6-3-10-4-7(2)8(6)5-9;/h5-7H,3-4H2,1-2H3;1H/t6-,7-;/m1./s1. The molecule has 2 atom stereocenters. The predicted molar refractivity (Wildman–Crippen MR) is 44.9 cm³/mol. The number of halogens is 1. The van der Waals surface area contributed by atoms with Crippen molar-refractivity contribution in [1.29, 1.82) is 0 Å². The largest absolute Gasteiger partial charge is 0.377 e. The SMILES string of the molecule is C[C@@H]1COC[C@@H](C)N1C=O.Cl. The first-order valence-corrected chi connectivity index (χ1v) is 3.56. The number of carbonyl (C=O) groups is 1. The van der Waals surface area contributed by atoms with Gasteiger partial charge in [0.15, 0.2) is 0 Å². The molecular weight excluding hydrogens is 166 g/mol. The number of amides is 1. The number of hydrogen-bond donors (Lipinski definition) is 0. The lowest BCUT2D eigenvalue weighted by atomic mass is 10.2. The smallest absolute Gasteiger partial charge is 0.210 e. The van der Waals surface area contributed by atoms with Crippen LogP contribution in [0.4, 0.5) is 0 Å². The van der Waals surface area contributed by atoms with Gasteiger partial charge in [0.25, 0.3) is 0 Å². The average molecular weight is 180 g/mol. The first-order chi connectivity index (χ1) is 4.75. The Balaban J connectivity index is 0.000001000. The van der Waals surface area contributed by atoms with Crippen LogP contribution in [-0.4, -0.2) is 36.6 Å². The van der Waals surface area contributed by atoms with Crippen LogP contribution in [0, 0.1) is 0 Å². The summed E-state index contributed by atoms with van der Waals surface area (Å²) in [7, 11) is 0. The van der Waals surface area contributed by atoms with Gasteiger partial charge in [0, 0.05) is 0 Å². The molecule has 4 heteroatoms. The van der Waals surface area contributed by atoms with Gasteiger partial charge >= 0.3 is 0 Å². The van der Waals surface area contributed by atoms with E-state index in [1.165, 1.54) is 0 Å². The minimum absolute atomic E-state index is 0. The number of carbonyl (C=O) groups excluding carboxylic acids is 1. The van der Waals surface area contributed by atoms with Crippen molar-refractivity contribution in [3.63, 3.8) is 0 Å². The fraction of sp³-hybridized carbons (Fsp3) is 0.857. The molecule has 11 heavy (non-hydrogen) atoms. The Kier molecular flexibility index (Phi) is 4.45. The third kappa shape index (κ3) is 2.34. The molecule has 0 spiro atoms. The molecule has 0 bridgehead atoms. The Labute approximate surface area is 73.1 Å². The molecule has 0 aromatic rings. The molecule has 0 saturated carbocycles. The summed E-state index contributed by atoms with van der Waals surface area (Å²) >= 11 is 0. The summed E-state index contributed by atoms with van der Waals surface area (Å²) < 4.78 is 5.23. The van der Waals surface area contributed by atoms with Crippen molar-refractivity contribution in [2.24, 2.45) is 0 Å². The summed E-state index contributed by atoms with van der Waals surface area (Å²) in [4.78, 5) is 12.2. The lowest BCUT2D eigenvalue weighted by Crippen LogP contribution is -2.48. The molecule has 0 aromatic heterocycles. The van der Waals surface area contributed by atoms with Crippen LogP contribution in [0.15, 0.2) is 0 Å². The van der Waals surface area contributed by atoms with E-state index in [2.05, 4.69) is 0 Å². The van der Waals surface area contributed by atoms with E-state index in [9.17, 15) is 4.79 Å². The van der Waals surface area contributed by atoms with Crippen molar-refractivity contribution in [2.45, 2.75) is 25.9 Å². The average Bonchev–Trinajstić information content (AvgIpc) is 1.88. The number of nitrogens with zero attached hydrogens (tertiary/aromatic N) is 1. The van der Waals surface area contributed by atoms with Crippen LogP contribution in [0.5, 0.6) is 0 Å². The van der Waals surface area contributed by atoms with Gasteiger partial charge in [-0.15, -0.1) is 12.4 Å². The van der Waals surface area contributed by atoms with Gasteiger partial charge in [0.1, 0.15) is 0 Å². The fourth-order valence-corrected chi connectivity index (χ4v) is 1.22. The maximum Gasteiger partial charge on any atom is 0.210 e. The van der Waals surface area contributed by atoms with Gasteiger partial charge in [-0.05, 0) is 13.8 Å². The molecule has 0 radical (unpaired) electrons. The van der Waals surface area contributed by atoms with E-state index in [1.807, 2.05) is 13.8 Å². The van der Waals surface area contributed by atoms with Crippen LogP contribution in [0.3, 0.4) is 0 Å². The van der Waals surface area contributed by atoms with Crippen LogP contribution in [-0.2, 0) is 9.53 Å². The first-order valence-electron chi connectivity index (χ1n) is 3.56. The van der Waals surface area contributed by atoms with Gasteiger partial charge in [-0.1, -0.05) is 0 Å². The highest BCUT2D eigenvalue weighted by Gasteiger charge is 2.22.